The highest BCUT2D eigenvalue weighted by molar-refractivity contribution is 7.99. The van der Waals surface area contributed by atoms with Crippen molar-refractivity contribution in [3.8, 4) is 0 Å². The van der Waals surface area contributed by atoms with E-state index in [-0.39, 0.29) is 22.8 Å². The number of nitrogens with one attached hydrogen (secondary N) is 2. The molecule has 0 aliphatic carbocycles. The summed E-state index contributed by atoms with van der Waals surface area (Å²) in [6, 6.07) is 3.76. The summed E-state index contributed by atoms with van der Waals surface area (Å²) in [6.07, 6.45) is 2.66. The molecule has 32 heavy (non-hydrogen) atoms. The van der Waals surface area contributed by atoms with E-state index in [9.17, 15) is 14.9 Å². The number of rotatable bonds is 10. The lowest BCUT2D eigenvalue weighted by atomic mass is 10.2. The number of benzene rings is 1. The van der Waals surface area contributed by atoms with Gasteiger partial charge in [0.15, 0.2) is 10.8 Å². The Hall–Kier alpha value is -2.92. The van der Waals surface area contributed by atoms with E-state index < -0.39 is 10.8 Å². The summed E-state index contributed by atoms with van der Waals surface area (Å²) < 4.78 is 1.70. The lowest BCUT2D eigenvalue weighted by molar-refractivity contribution is -0.384. The maximum absolute atomic E-state index is 12.5. The first kappa shape index (κ1) is 23.7. The van der Waals surface area contributed by atoms with Crippen LogP contribution in [-0.4, -0.2) is 48.9 Å². The van der Waals surface area contributed by atoms with Crippen LogP contribution in [0.5, 0.6) is 0 Å². The molecular formula is C20H24ClN7O3S. The van der Waals surface area contributed by atoms with Gasteiger partial charge in [0.25, 0.3) is 11.6 Å². The summed E-state index contributed by atoms with van der Waals surface area (Å²) in [4.78, 5) is 32.2. The first-order valence-corrected chi connectivity index (χ1v) is 11.4. The van der Waals surface area contributed by atoms with Crippen molar-refractivity contribution in [1.29, 1.82) is 0 Å². The quantitative estimate of drug-likeness (QED) is 0.193. The molecular weight excluding hydrogens is 454 g/mol. The lowest BCUT2D eigenvalue weighted by Crippen LogP contribution is -2.28. The molecule has 3 aromatic rings. The van der Waals surface area contributed by atoms with Crippen molar-refractivity contribution in [3.05, 3.63) is 45.1 Å². The molecule has 0 saturated carbocycles. The van der Waals surface area contributed by atoms with E-state index in [2.05, 4.69) is 46.5 Å². The van der Waals surface area contributed by atoms with Crippen molar-refractivity contribution in [2.24, 2.45) is 0 Å². The third-order valence-electron chi connectivity index (χ3n) is 4.37. The largest absolute Gasteiger partial charge is 0.369 e. The van der Waals surface area contributed by atoms with Gasteiger partial charge in [-0.05, 0) is 12.5 Å². The fraction of sp³-hybridized carbons (Fsp3) is 0.400. The molecule has 0 aliphatic heterocycles. The van der Waals surface area contributed by atoms with Crippen LogP contribution in [0, 0.1) is 10.1 Å². The van der Waals surface area contributed by atoms with Gasteiger partial charge < -0.3 is 10.6 Å². The van der Waals surface area contributed by atoms with Gasteiger partial charge in [0.05, 0.1) is 33.6 Å². The zero-order valence-corrected chi connectivity index (χ0v) is 19.5. The zero-order chi connectivity index (χ0) is 23.3. The SMILES string of the molecule is CCCNc1nc(SC(C)C)nc2c1cnn2CCNC(=O)c1cc([N+](=O)[O-])ccc1Cl. The van der Waals surface area contributed by atoms with Crippen LogP contribution in [-0.2, 0) is 6.54 Å². The fourth-order valence-electron chi connectivity index (χ4n) is 2.91. The molecule has 0 saturated heterocycles. The molecule has 0 bridgehead atoms. The van der Waals surface area contributed by atoms with E-state index >= 15 is 0 Å². The number of amides is 1. The second-order valence-electron chi connectivity index (χ2n) is 7.23. The number of fused-ring (bicyclic) bond motifs is 1. The molecule has 0 spiro atoms. The highest BCUT2D eigenvalue weighted by atomic mass is 35.5. The average Bonchev–Trinajstić information content (AvgIpc) is 3.14. The number of nitro benzene ring substituents is 1. The number of non-ortho nitro benzene ring substituents is 1. The minimum absolute atomic E-state index is 0.0511. The topological polar surface area (TPSA) is 128 Å². The van der Waals surface area contributed by atoms with Crippen molar-refractivity contribution in [1.82, 2.24) is 25.1 Å². The number of aromatic nitrogens is 4. The Labute approximate surface area is 194 Å². The molecule has 10 nitrogen and oxygen atoms in total. The van der Waals surface area contributed by atoms with E-state index in [1.54, 1.807) is 22.6 Å². The van der Waals surface area contributed by atoms with Crippen molar-refractivity contribution in [2.45, 2.75) is 44.1 Å². The maximum Gasteiger partial charge on any atom is 0.270 e. The Bertz CT molecular complexity index is 1140. The van der Waals surface area contributed by atoms with E-state index in [0.29, 0.717) is 22.6 Å². The molecule has 170 valence electrons. The number of carbonyl (C=O) groups excluding carboxylic acids is 1. The first-order chi connectivity index (χ1) is 15.3. The Balaban J connectivity index is 1.77. The van der Waals surface area contributed by atoms with Crippen LogP contribution in [0.15, 0.2) is 29.6 Å². The average molecular weight is 478 g/mol. The predicted molar refractivity (Wildman–Crippen MR) is 126 cm³/mol. The predicted octanol–water partition coefficient (Wildman–Crippen LogP) is 4.14. The van der Waals surface area contributed by atoms with Gasteiger partial charge in [0.1, 0.15) is 5.82 Å². The number of nitro groups is 1. The van der Waals surface area contributed by atoms with Crippen LogP contribution in [0.1, 0.15) is 37.6 Å². The van der Waals surface area contributed by atoms with Gasteiger partial charge in [-0.3, -0.25) is 14.9 Å². The molecule has 1 amide bonds. The Kier molecular flexibility index (Phi) is 7.86. The van der Waals surface area contributed by atoms with Gasteiger partial charge in [-0.15, -0.1) is 0 Å². The third-order valence-corrected chi connectivity index (χ3v) is 5.57. The smallest absolute Gasteiger partial charge is 0.270 e. The van der Waals surface area contributed by atoms with E-state index in [1.165, 1.54) is 12.1 Å². The molecule has 2 N–H and O–H groups in total. The monoisotopic (exact) mass is 477 g/mol. The third kappa shape index (κ3) is 5.65. The van der Waals surface area contributed by atoms with Gasteiger partial charge in [0.2, 0.25) is 0 Å². The van der Waals surface area contributed by atoms with Gasteiger partial charge >= 0.3 is 0 Å². The highest BCUT2D eigenvalue weighted by Crippen LogP contribution is 2.26. The fourth-order valence-corrected chi connectivity index (χ4v) is 3.82. The summed E-state index contributed by atoms with van der Waals surface area (Å²) in [5, 5.41) is 23.4. The Morgan fingerprint density at radius 2 is 2.09 bits per heavy atom. The number of hydrogen-bond donors (Lipinski definition) is 2. The van der Waals surface area contributed by atoms with Gasteiger partial charge in [-0.25, -0.2) is 14.6 Å². The molecule has 0 unspecified atom stereocenters. The van der Waals surface area contributed by atoms with Crippen molar-refractivity contribution < 1.29 is 9.72 Å². The van der Waals surface area contributed by atoms with E-state index in [1.807, 2.05) is 0 Å². The molecule has 12 heteroatoms. The van der Waals surface area contributed by atoms with Crippen LogP contribution in [0.3, 0.4) is 0 Å². The number of halogens is 1. The number of nitrogens with zero attached hydrogens (tertiary/aromatic N) is 5. The summed E-state index contributed by atoms with van der Waals surface area (Å²) in [6.45, 7) is 7.60. The van der Waals surface area contributed by atoms with Crippen LogP contribution in [0.2, 0.25) is 5.02 Å². The molecule has 3 rings (SSSR count). The minimum Gasteiger partial charge on any atom is -0.369 e. The van der Waals surface area contributed by atoms with Crippen molar-refractivity contribution in [3.63, 3.8) is 0 Å². The normalized spacial score (nSPS) is 11.2. The summed E-state index contributed by atoms with van der Waals surface area (Å²) in [5.74, 6) is 0.241. The molecule has 0 fully saturated rings. The van der Waals surface area contributed by atoms with Gasteiger partial charge in [0, 0.05) is 30.5 Å². The maximum atomic E-state index is 12.5. The second kappa shape index (κ2) is 10.6. The van der Waals surface area contributed by atoms with Crippen LogP contribution >= 0.6 is 23.4 Å². The number of anilines is 1. The zero-order valence-electron chi connectivity index (χ0n) is 18.0. The lowest BCUT2D eigenvalue weighted by Gasteiger charge is -2.10. The van der Waals surface area contributed by atoms with Crippen LogP contribution in [0.25, 0.3) is 11.0 Å². The van der Waals surface area contributed by atoms with Gasteiger partial charge in [-0.2, -0.15) is 5.10 Å². The standard InChI is InChI=1S/C20H24ClN7O3S/c1-4-7-22-17-15-11-24-27(18(15)26-20(25-17)32-12(2)3)9-8-23-19(29)14-10-13(28(30)31)5-6-16(14)21/h5-6,10-12H,4,7-9H2,1-3H3,(H,23,29)(H,22,25,26). The highest BCUT2D eigenvalue weighted by Gasteiger charge is 2.17. The van der Waals surface area contributed by atoms with Crippen LogP contribution in [0.4, 0.5) is 11.5 Å². The van der Waals surface area contributed by atoms with Crippen LogP contribution < -0.4 is 10.6 Å². The van der Waals surface area contributed by atoms with Gasteiger partial charge in [-0.1, -0.05) is 44.1 Å². The first-order valence-electron chi connectivity index (χ1n) is 10.2. The molecule has 0 radical (unpaired) electrons. The van der Waals surface area contributed by atoms with Crippen molar-refractivity contribution >= 4 is 51.8 Å². The van der Waals surface area contributed by atoms with Crippen molar-refractivity contribution in [2.75, 3.05) is 18.4 Å². The number of carbonyl (C=O) groups is 1. The van der Waals surface area contributed by atoms with E-state index in [4.69, 9.17) is 11.6 Å². The summed E-state index contributed by atoms with van der Waals surface area (Å²) in [7, 11) is 0. The summed E-state index contributed by atoms with van der Waals surface area (Å²) in [5.41, 5.74) is 0.524. The molecule has 1 aromatic carbocycles. The number of thioether (sulfide) groups is 1. The molecule has 2 heterocycles. The second-order valence-corrected chi connectivity index (χ2v) is 9.18. The number of hydrogen-bond acceptors (Lipinski definition) is 8. The Morgan fingerprint density at radius 1 is 1.31 bits per heavy atom. The minimum atomic E-state index is -0.570. The molecule has 0 aliphatic rings. The summed E-state index contributed by atoms with van der Waals surface area (Å²) >= 11 is 7.60. The molecule has 0 atom stereocenters. The Morgan fingerprint density at radius 3 is 2.78 bits per heavy atom. The van der Waals surface area contributed by atoms with E-state index in [0.717, 1.165) is 30.2 Å². The molecule has 2 aromatic heterocycles.